The summed E-state index contributed by atoms with van der Waals surface area (Å²) < 4.78 is 11.4. The van der Waals surface area contributed by atoms with Gasteiger partial charge in [-0.1, -0.05) is 12.1 Å². The summed E-state index contributed by atoms with van der Waals surface area (Å²) in [6.45, 7) is 5.95. The third-order valence-corrected chi connectivity index (χ3v) is 4.90. The Hall–Kier alpha value is -3.19. The molecule has 7 heteroatoms. The van der Waals surface area contributed by atoms with Crippen molar-refractivity contribution in [2.45, 2.75) is 33.3 Å². The van der Waals surface area contributed by atoms with Gasteiger partial charge in [-0.15, -0.1) is 0 Å². The Morgan fingerprint density at radius 1 is 1.24 bits per heavy atom. The minimum absolute atomic E-state index is 0.108. The monoisotopic (exact) mass is 392 g/mol. The molecule has 1 fully saturated rings. The third kappa shape index (κ3) is 4.30. The molecule has 1 saturated heterocycles. The second-order valence-corrected chi connectivity index (χ2v) is 6.99. The van der Waals surface area contributed by atoms with Crippen molar-refractivity contribution < 1.29 is 13.9 Å². The van der Waals surface area contributed by atoms with Gasteiger partial charge in [0.1, 0.15) is 5.82 Å². The Balaban J connectivity index is 1.53. The van der Waals surface area contributed by atoms with Crippen molar-refractivity contribution in [2.24, 2.45) is 0 Å². The average Bonchev–Trinajstić information content (AvgIpc) is 3.38. The number of rotatable bonds is 7. The lowest BCUT2D eigenvalue weighted by Crippen LogP contribution is -2.24. The van der Waals surface area contributed by atoms with Gasteiger partial charge >= 0.3 is 0 Å². The standard InChI is InChI=1S/C22H24N4O3/c1-3-28-14-16-7-6-15(2)18(11-16)25-22-24-13-19(29-22)17-8-9-23-20(12-17)26-10-4-5-21(26)27/h6-9,11-13H,3-5,10,14H2,1-2H3,(H,24,25). The fraction of sp³-hybridized carbons (Fsp3) is 0.318. The van der Waals surface area contributed by atoms with Gasteiger partial charge in [-0.2, -0.15) is 0 Å². The molecule has 7 nitrogen and oxygen atoms in total. The number of oxazole rings is 1. The minimum atomic E-state index is 0.108. The number of carbonyl (C=O) groups is 1. The molecule has 1 aliphatic rings. The molecule has 0 unspecified atom stereocenters. The van der Waals surface area contributed by atoms with Gasteiger partial charge in [0.05, 0.1) is 12.8 Å². The van der Waals surface area contributed by atoms with E-state index in [-0.39, 0.29) is 5.91 Å². The van der Waals surface area contributed by atoms with Gasteiger partial charge in [0.2, 0.25) is 5.91 Å². The van der Waals surface area contributed by atoms with E-state index in [4.69, 9.17) is 9.15 Å². The molecule has 0 saturated carbocycles. The second kappa shape index (κ2) is 8.45. The zero-order valence-corrected chi connectivity index (χ0v) is 16.6. The van der Waals surface area contributed by atoms with Crippen molar-refractivity contribution in [1.29, 1.82) is 0 Å². The number of anilines is 3. The van der Waals surface area contributed by atoms with Gasteiger partial charge < -0.3 is 14.5 Å². The van der Waals surface area contributed by atoms with Gasteiger partial charge in [-0.25, -0.2) is 9.97 Å². The van der Waals surface area contributed by atoms with Gasteiger partial charge in [0, 0.05) is 37.0 Å². The number of aromatic nitrogens is 2. The van der Waals surface area contributed by atoms with Crippen LogP contribution in [0.2, 0.25) is 0 Å². The number of ether oxygens (including phenoxy) is 1. The van der Waals surface area contributed by atoms with E-state index in [0.29, 0.717) is 43.8 Å². The molecule has 150 valence electrons. The highest BCUT2D eigenvalue weighted by atomic mass is 16.5. The molecule has 1 aliphatic heterocycles. The molecule has 0 aliphatic carbocycles. The average molecular weight is 392 g/mol. The van der Waals surface area contributed by atoms with Crippen LogP contribution >= 0.6 is 0 Å². The molecule has 0 radical (unpaired) electrons. The first kappa shape index (κ1) is 19.1. The smallest absolute Gasteiger partial charge is 0.299 e. The highest BCUT2D eigenvalue weighted by Crippen LogP contribution is 2.29. The number of hydrogen-bond donors (Lipinski definition) is 1. The molecule has 1 amide bonds. The molecule has 4 rings (SSSR count). The summed E-state index contributed by atoms with van der Waals surface area (Å²) in [5.41, 5.74) is 3.93. The molecule has 29 heavy (non-hydrogen) atoms. The van der Waals surface area contributed by atoms with Crippen molar-refractivity contribution >= 4 is 23.4 Å². The van der Waals surface area contributed by atoms with Crippen LogP contribution in [0.3, 0.4) is 0 Å². The highest BCUT2D eigenvalue weighted by molar-refractivity contribution is 5.94. The number of benzene rings is 1. The van der Waals surface area contributed by atoms with E-state index in [1.54, 1.807) is 17.3 Å². The van der Waals surface area contributed by atoms with E-state index in [1.807, 2.05) is 38.1 Å². The Morgan fingerprint density at radius 3 is 2.93 bits per heavy atom. The van der Waals surface area contributed by atoms with Crippen molar-refractivity contribution in [2.75, 3.05) is 23.4 Å². The number of pyridine rings is 1. The summed E-state index contributed by atoms with van der Waals surface area (Å²) in [7, 11) is 0. The Labute approximate surface area is 169 Å². The molecule has 1 N–H and O–H groups in total. The lowest BCUT2D eigenvalue weighted by atomic mass is 10.1. The quantitative estimate of drug-likeness (QED) is 0.640. The number of aryl methyl sites for hydroxylation is 1. The van der Waals surface area contributed by atoms with Crippen molar-refractivity contribution in [3.05, 3.63) is 53.9 Å². The third-order valence-electron chi connectivity index (χ3n) is 4.90. The lowest BCUT2D eigenvalue weighted by Gasteiger charge is -2.14. The number of hydrogen-bond acceptors (Lipinski definition) is 6. The van der Waals surface area contributed by atoms with Crippen LogP contribution in [0.1, 0.15) is 30.9 Å². The first-order chi connectivity index (χ1) is 14.1. The molecular formula is C22H24N4O3. The van der Waals surface area contributed by atoms with Crippen molar-refractivity contribution in [1.82, 2.24) is 9.97 Å². The van der Waals surface area contributed by atoms with Crippen molar-refractivity contribution in [3.63, 3.8) is 0 Å². The topological polar surface area (TPSA) is 80.5 Å². The molecular weight excluding hydrogens is 368 g/mol. The van der Waals surface area contributed by atoms with E-state index >= 15 is 0 Å². The number of amides is 1. The van der Waals surface area contributed by atoms with Gasteiger partial charge in [-0.05, 0) is 49.6 Å². The Bertz CT molecular complexity index is 1010. The van der Waals surface area contributed by atoms with E-state index in [9.17, 15) is 4.79 Å². The predicted octanol–water partition coefficient (Wildman–Crippen LogP) is 4.45. The predicted molar refractivity (Wildman–Crippen MR) is 111 cm³/mol. The number of nitrogens with one attached hydrogen (secondary N) is 1. The molecule has 1 aromatic carbocycles. The molecule has 0 atom stereocenters. The molecule has 0 spiro atoms. The van der Waals surface area contributed by atoms with Crippen LogP contribution in [0.25, 0.3) is 11.3 Å². The van der Waals surface area contributed by atoms with Crippen LogP contribution in [-0.4, -0.2) is 29.0 Å². The van der Waals surface area contributed by atoms with E-state index in [1.165, 1.54) is 0 Å². The van der Waals surface area contributed by atoms with E-state index in [0.717, 1.165) is 28.8 Å². The summed E-state index contributed by atoms with van der Waals surface area (Å²) in [6.07, 6.45) is 4.80. The maximum atomic E-state index is 12.0. The number of nitrogens with zero attached hydrogens (tertiary/aromatic N) is 3. The zero-order chi connectivity index (χ0) is 20.2. The molecule has 2 aromatic heterocycles. The summed E-state index contributed by atoms with van der Waals surface area (Å²) in [4.78, 5) is 22.4. The normalized spacial score (nSPS) is 13.9. The maximum absolute atomic E-state index is 12.0. The SMILES string of the molecule is CCOCc1ccc(C)c(Nc2ncc(-c3ccnc(N4CCCC4=O)c3)o2)c1. The summed E-state index contributed by atoms with van der Waals surface area (Å²) in [5.74, 6) is 1.37. The van der Waals surface area contributed by atoms with Crippen LogP contribution < -0.4 is 10.2 Å². The van der Waals surface area contributed by atoms with Gasteiger partial charge in [-0.3, -0.25) is 9.69 Å². The lowest BCUT2D eigenvalue weighted by molar-refractivity contribution is -0.117. The van der Waals surface area contributed by atoms with Gasteiger partial charge in [0.25, 0.3) is 6.01 Å². The van der Waals surface area contributed by atoms with Crippen LogP contribution in [0.4, 0.5) is 17.5 Å². The highest BCUT2D eigenvalue weighted by Gasteiger charge is 2.23. The summed E-state index contributed by atoms with van der Waals surface area (Å²) in [6, 6.07) is 10.3. The van der Waals surface area contributed by atoms with Crippen LogP contribution in [0.15, 0.2) is 47.1 Å². The Morgan fingerprint density at radius 2 is 2.14 bits per heavy atom. The maximum Gasteiger partial charge on any atom is 0.299 e. The van der Waals surface area contributed by atoms with E-state index < -0.39 is 0 Å². The minimum Gasteiger partial charge on any atom is -0.423 e. The van der Waals surface area contributed by atoms with Gasteiger partial charge in [0.15, 0.2) is 5.76 Å². The Kier molecular flexibility index (Phi) is 5.57. The summed E-state index contributed by atoms with van der Waals surface area (Å²) in [5, 5.41) is 3.24. The summed E-state index contributed by atoms with van der Waals surface area (Å²) >= 11 is 0. The van der Waals surface area contributed by atoms with E-state index in [2.05, 4.69) is 21.4 Å². The molecule has 3 heterocycles. The van der Waals surface area contributed by atoms with Crippen LogP contribution in [0.5, 0.6) is 0 Å². The molecule has 3 aromatic rings. The fourth-order valence-electron chi connectivity index (χ4n) is 3.30. The fourth-order valence-corrected chi connectivity index (χ4v) is 3.30. The van der Waals surface area contributed by atoms with Crippen molar-refractivity contribution in [3.8, 4) is 11.3 Å². The van der Waals surface area contributed by atoms with Crippen LogP contribution in [-0.2, 0) is 16.1 Å². The first-order valence-corrected chi connectivity index (χ1v) is 9.81. The largest absolute Gasteiger partial charge is 0.423 e. The number of carbonyl (C=O) groups excluding carboxylic acids is 1. The second-order valence-electron chi connectivity index (χ2n) is 6.99. The zero-order valence-electron chi connectivity index (χ0n) is 16.6. The molecule has 0 bridgehead atoms. The van der Waals surface area contributed by atoms with Crippen LogP contribution in [0, 0.1) is 6.92 Å². The first-order valence-electron chi connectivity index (χ1n) is 9.81.